The summed E-state index contributed by atoms with van der Waals surface area (Å²) in [4.78, 5) is 10.8. The van der Waals surface area contributed by atoms with Crippen molar-refractivity contribution in [3.05, 3.63) is 0 Å². The van der Waals surface area contributed by atoms with Gasteiger partial charge in [0.2, 0.25) is 5.11 Å². The first-order valence-electron chi connectivity index (χ1n) is 6.58. The maximum atomic E-state index is 5.59. The van der Waals surface area contributed by atoms with Gasteiger partial charge in [-0.1, -0.05) is 33.6 Å². The second-order valence-electron chi connectivity index (χ2n) is 3.90. The Hall–Kier alpha value is -0.390. The summed E-state index contributed by atoms with van der Waals surface area (Å²) in [5.41, 5.74) is 2.76. The number of hydrogen-bond donors (Lipinski definition) is 1. The topological polar surface area (TPSA) is 33.7 Å². The molecule has 0 unspecified atom stereocenters. The van der Waals surface area contributed by atoms with Crippen molar-refractivity contribution in [2.75, 3.05) is 19.8 Å². The fourth-order valence-electron chi connectivity index (χ4n) is 1.13. The monoisotopic (exact) mass is 262 g/mol. The lowest BCUT2D eigenvalue weighted by Crippen LogP contribution is -2.40. The van der Waals surface area contributed by atoms with Gasteiger partial charge in [-0.2, -0.15) is 0 Å². The molecule has 0 amide bonds. The second-order valence-corrected chi connectivity index (χ2v) is 4.28. The molecule has 0 aromatic heterocycles. The Bertz CT molecular complexity index is 191. The van der Waals surface area contributed by atoms with Crippen molar-refractivity contribution in [2.24, 2.45) is 0 Å². The third-order valence-electron chi connectivity index (χ3n) is 2.16. The van der Waals surface area contributed by atoms with Gasteiger partial charge in [0.15, 0.2) is 0 Å². The SMILES string of the molecule is CCCCONC(=S)N(CCC)OCCCC. The third kappa shape index (κ3) is 9.32. The number of hydroxylamine groups is 3. The third-order valence-corrected chi connectivity index (χ3v) is 2.44. The van der Waals surface area contributed by atoms with Crippen molar-refractivity contribution in [1.82, 2.24) is 10.5 Å². The van der Waals surface area contributed by atoms with Crippen molar-refractivity contribution < 1.29 is 9.68 Å². The first-order chi connectivity index (χ1) is 8.26. The van der Waals surface area contributed by atoms with Crippen LogP contribution in [0.2, 0.25) is 0 Å². The molecule has 0 saturated carbocycles. The number of nitrogens with one attached hydrogen (secondary N) is 1. The van der Waals surface area contributed by atoms with E-state index in [9.17, 15) is 0 Å². The molecule has 0 radical (unpaired) electrons. The number of rotatable bonds is 10. The zero-order valence-corrected chi connectivity index (χ0v) is 12.1. The van der Waals surface area contributed by atoms with E-state index in [1.807, 2.05) is 0 Å². The summed E-state index contributed by atoms with van der Waals surface area (Å²) in [5.74, 6) is 0. The van der Waals surface area contributed by atoms with Crippen molar-refractivity contribution >= 4 is 17.3 Å². The maximum Gasteiger partial charge on any atom is 0.217 e. The van der Waals surface area contributed by atoms with Crippen molar-refractivity contribution in [3.8, 4) is 0 Å². The predicted octanol–water partition coefficient (Wildman–Crippen LogP) is 3.04. The summed E-state index contributed by atoms with van der Waals surface area (Å²) >= 11 is 5.20. The standard InChI is InChI=1S/C12H26N2O2S/c1-4-7-10-15-13-12(17)14(9-6-3)16-11-8-5-2/h4-11H2,1-3H3,(H,13,17). The average Bonchev–Trinajstić information content (AvgIpc) is 2.33. The molecule has 0 rings (SSSR count). The Balaban J connectivity index is 3.79. The Morgan fingerprint density at radius 1 is 1.06 bits per heavy atom. The molecule has 1 N–H and O–H groups in total. The summed E-state index contributed by atoms with van der Waals surface area (Å²) < 4.78 is 0. The van der Waals surface area contributed by atoms with Gasteiger partial charge < -0.3 is 0 Å². The summed E-state index contributed by atoms with van der Waals surface area (Å²) in [6.07, 6.45) is 5.29. The molecular weight excluding hydrogens is 236 g/mol. The zero-order chi connectivity index (χ0) is 12.9. The lowest BCUT2D eigenvalue weighted by molar-refractivity contribution is -0.108. The van der Waals surface area contributed by atoms with E-state index in [1.54, 1.807) is 5.06 Å². The van der Waals surface area contributed by atoms with Gasteiger partial charge in [0.05, 0.1) is 13.2 Å². The van der Waals surface area contributed by atoms with Gasteiger partial charge in [0.25, 0.3) is 0 Å². The lowest BCUT2D eigenvalue weighted by Gasteiger charge is -2.23. The normalized spacial score (nSPS) is 10.3. The molecule has 0 bridgehead atoms. The first-order valence-corrected chi connectivity index (χ1v) is 6.99. The summed E-state index contributed by atoms with van der Waals surface area (Å²) in [7, 11) is 0. The fourth-order valence-corrected chi connectivity index (χ4v) is 1.33. The molecular formula is C12H26N2O2S. The summed E-state index contributed by atoms with van der Waals surface area (Å²) in [6, 6.07) is 0. The Kier molecular flexibility index (Phi) is 11.8. The van der Waals surface area contributed by atoms with Gasteiger partial charge >= 0.3 is 0 Å². The van der Waals surface area contributed by atoms with Crippen LogP contribution in [0.4, 0.5) is 0 Å². The molecule has 17 heavy (non-hydrogen) atoms. The van der Waals surface area contributed by atoms with Crippen molar-refractivity contribution in [1.29, 1.82) is 0 Å². The molecule has 0 fully saturated rings. The first kappa shape index (κ1) is 16.6. The van der Waals surface area contributed by atoms with E-state index in [2.05, 4.69) is 26.3 Å². The van der Waals surface area contributed by atoms with E-state index in [0.717, 1.165) is 38.6 Å². The molecule has 4 nitrogen and oxygen atoms in total. The Morgan fingerprint density at radius 3 is 2.29 bits per heavy atom. The molecule has 0 atom stereocenters. The van der Waals surface area contributed by atoms with Crippen LogP contribution in [0.5, 0.6) is 0 Å². The highest BCUT2D eigenvalue weighted by molar-refractivity contribution is 7.80. The summed E-state index contributed by atoms with van der Waals surface area (Å²) in [6.45, 7) is 8.51. The van der Waals surface area contributed by atoms with E-state index < -0.39 is 0 Å². The minimum atomic E-state index is 0.513. The van der Waals surface area contributed by atoms with Crippen LogP contribution in [0, 0.1) is 0 Å². The molecule has 0 aliphatic carbocycles. The average molecular weight is 262 g/mol. The highest BCUT2D eigenvalue weighted by atomic mass is 32.1. The van der Waals surface area contributed by atoms with E-state index in [0.29, 0.717) is 18.3 Å². The molecule has 5 heteroatoms. The van der Waals surface area contributed by atoms with E-state index in [4.69, 9.17) is 21.9 Å². The van der Waals surface area contributed by atoms with Crippen LogP contribution >= 0.6 is 12.2 Å². The molecule has 0 aromatic rings. The number of thiocarbonyl (C=S) groups is 1. The van der Waals surface area contributed by atoms with Gasteiger partial charge in [0, 0.05) is 6.54 Å². The minimum absolute atomic E-state index is 0.513. The number of unbranched alkanes of at least 4 members (excludes halogenated alkanes) is 2. The molecule has 0 aliphatic rings. The smallest absolute Gasteiger partial charge is 0.217 e. The van der Waals surface area contributed by atoms with Crippen LogP contribution in [0.1, 0.15) is 52.9 Å². The van der Waals surface area contributed by atoms with Gasteiger partial charge in [-0.05, 0) is 31.5 Å². The molecule has 0 spiro atoms. The van der Waals surface area contributed by atoms with Crippen LogP contribution in [0.3, 0.4) is 0 Å². The van der Waals surface area contributed by atoms with Crippen LogP contribution in [-0.2, 0) is 9.68 Å². The van der Waals surface area contributed by atoms with Crippen LogP contribution < -0.4 is 5.48 Å². The number of nitrogens with zero attached hydrogens (tertiary/aromatic N) is 1. The van der Waals surface area contributed by atoms with Gasteiger partial charge in [-0.15, -0.1) is 0 Å². The van der Waals surface area contributed by atoms with E-state index in [1.165, 1.54) is 0 Å². The highest BCUT2D eigenvalue weighted by Crippen LogP contribution is 1.98. The molecule has 102 valence electrons. The van der Waals surface area contributed by atoms with E-state index >= 15 is 0 Å². The van der Waals surface area contributed by atoms with Gasteiger partial charge in [0.1, 0.15) is 0 Å². The Morgan fingerprint density at radius 2 is 1.71 bits per heavy atom. The molecule has 0 saturated heterocycles. The highest BCUT2D eigenvalue weighted by Gasteiger charge is 2.08. The number of hydrogen-bond acceptors (Lipinski definition) is 3. The molecule has 0 heterocycles. The maximum absolute atomic E-state index is 5.59. The molecule has 0 aliphatic heterocycles. The van der Waals surface area contributed by atoms with E-state index in [-0.39, 0.29) is 0 Å². The van der Waals surface area contributed by atoms with Crippen LogP contribution in [0.25, 0.3) is 0 Å². The second kappa shape index (κ2) is 12.1. The Labute approximate surface area is 111 Å². The van der Waals surface area contributed by atoms with Crippen molar-refractivity contribution in [2.45, 2.75) is 52.9 Å². The summed E-state index contributed by atoms with van der Waals surface area (Å²) in [5, 5.41) is 2.22. The molecule has 0 aromatic carbocycles. The predicted molar refractivity (Wildman–Crippen MR) is 74.5 cm³/mol. The van der Waals surface area contributed by atoms with Crippen LogP contribution in [0.15, 0.2) is 0 Å². The lowest BCUT2D eigenvalue weighted by atomic mass is 10.4. The minimum Gasteiger partial charge on any atom is -0.274 e. The van der Waals surface area contributed by atoms with Gasteiger partial charge in [-0.25, -0.2) is 10.5 Å². The largest absolute Gasteiger partial charge is 0.274 e. The zero-order valence-electron chi connectivity index (χ0n) is 11.3. The van der Waals surface area contributed by atoms with Gasteiger partial charge in [-0.3, -0.25) is 9.68 Å². The fraction of sp³-hybridized carbons (Fsp3) is 0.917. The van der Waals surface area contributed by atoms with Crippen molar-refractivity contribution in [3.63, 3.8) is 0 Å². The quantitative estimate of drug-likeness (QED) is 0.372. The van der Waals surface area contributed by atoms with Crippen LogP contribution in [-0.4, -0.2) is 29.9 Å².